The monoisotopic (exact) mass is 483 g/mol. The Hall–Kier alpha value is -2.88. The van der Waals surface area contributed by atoms with E-state index < -0.39 is 22.3 Å². The first kappa shape index (κ1) is 22.9. The summed E-state index contributed by atoms with van der Waals surface area (Å²) in [6, 6.07) is 11.0. The molecule has 1 amide bonds. The van der Waals surface area contributed by atoms with E-state index in [1.54, 1.807) is 19.2 Å². The van der Waals surface area contributed by atoms with Gasteiger partial charge in [0.15, 0.2) is 6.23 Å². The predicted molar refractivity (Wildman–Crippen MR) is 130 cm³/mol. The lowest BCUT2D eigenvalue weighted by atomic mass is 9.81. The molecule has 0 bridgehead atoms. The number of nitrogens with zero attached hydrogens (tertiary/aromatic N) is 2. The van der Waals surface area contributed by atoms with Crippen molar-refractivity contribution in [3.63, 3.8) is 0 Å². The van der Waals surface area contributed by atoms with Gasteiger partial charge in [0.25, 0.3) is 5.91 Å². The van der Waals surface area contributed by atoms with E-state index in [0.717, 1.165) is 52.2 Å². The van der Waals surface area contributed by atoms with Gasteiger partial charge < -0.3 is 14.4 Å². The quantitative estimate of drug-likeness (QED) is 0.576. The highest BCUT2D eigenvalue weighted by atomic mass is 32.2. The van der Waals surface area contributed by atoms with Gasteiger partial charge in [-0.25, -0.2) is 4.72 Å². The van der Waals surface area contributed by atoms with Gasteiger partial charge in [0, 0.05) is 36.2 Å². The van der Waals surface area contributed by atoms with E-state index in [9.17, 15) is 18.3 Å². The third kappa shape index (κ3) is 3.59. The molecule has 1 saturated carbocycles. The molecule has 2 N–H and O–H groups in total. The highest BCUT2D eigenvalue weighted by Crippen LogP contribution is 2.51. The highest BCUT2D eigenvalue weighted by Gasteiger charge is 2.36. The normalized spacial score (nSPS) is 18.2. The largest absolute Gasteiger partial charge is 0.497 e. The van der Waals surface area contributed by atoms with Crippen LogP contribution in [0, 0.1) is 0 Å². The fourth-order valence-electron chi connectivity index (χ4n) is 5.31. The highest BCUT2D eigenvalue weighted by molar-refractivity contribution is 7.87. The summed E-state index contributed by atoms with van der Waals surface area (Å²) in [5, 5.41) is 12.4. The third-order valence-electron chi connectivity index (χ3n) is 7.06. The molecule has 180 valence electrons. The van der Waals surface area contributed by atoms with Crippen LogP contribution in [-0.2, 0) is 10.2 Å². The number of aromatic nitrogens is 1. The number of hydrogen-bond acceptors (Lipinski definition) is 5. The maximum Gasteiger partial charge on any atom is 0.303 e. The Kier molecular flexibility index (Phi) is 5.66. The minimum absolute atomic E-state index is 0.217. The lowest BCUT2D eigenvalue weighted by Gasteiger charge is -2.23. The van der Waals surface area contributed by atoms with Gasteiger partial charge in [-0.1, -0.05) is 25.3 Å². The van der Waals surface area contributed by atoms with Crippen molar-refractivity contribution < 1.29 is 23.1 Å². The van der Waals surface area contributed by atoms with Crippen molar-refractivity contribution in [2.75, 3.05) is 21.2 Å². The van der Waals surface area contributed by atoms with Crippen molar-refractivity contribution in [2.24, 2.45) is 0 Å². The van der Waals surface area contributed by atoms with Gasteiger partial charge in [0.2, 0.25) is 0 Å². The summed E-state index contributed by atoms with van der Waals surface area (Å²) < 4.78 is 34.6. The number of benzene rings is 2. The number of fused-ring (bicyclic) bond motifs is 5. The van der Waals surface area contributed by atoms with Crippen LogP contribution in [0.4, 0.5) is 0 Å². The number of nitrogens with one attached hydrogen (secondary N) is 1. The molecule has 1 aliphatic heterocycles. The number of amides is 1. The molecule has 0 spiro atoms. The molecule has 1 atom stereocenters. The van der Waals surface area contributed by atoms with Gasteiger partial charge in [-0.15, -0.1) is 0 Å². The van der Waals surface area contributed by atoms with Crippen molar-refractivity contribution in [1.82, 2.24) is 13.6 Å². The van der Waals surface area contributed by atoms with Crippen LogP contribution in [0.5, 0.6) is 5.75 Å². The molecule has 9 heteroatoms. The molecule has 1 aromatic heterocycles. The van der Waals surface area contributed by atoms with E-state index in [-0.39, 0.29) is 5.56 Å². The number of methoxy groups -OCH3 is 1. The zero-order valence-corrected chi connectivity index (χ0v) is 20.4. The Balaban J connectivity index is 1.69. The smallest absolute Gasteiger partial charge is 0.303 e. The molecule has 8 nitrogen and oxygen atoms in total. The van der Waals surface area contributed by atoms with Crippen LogP contribution in [0.1, 0.15) is 65.7 Å². The van der Waals surface area contributed by atoms with Crippen molar-refractivity contribution in [1.29, 1.82) is 0 Å². The first-order valence-electron chi connectivity index (χ1n) is 11.5. The van der Waals surface area contributed by atoms with Crippen LogP contribution in [0.25, 0.3) is 22.2 Å². The van der Waals surface area contributed by atoms with E-state index in [1.165, 1.54) is 26.1 Å². The summed E-state index contributed by atoms with van der Waals surface area (Å²) in [5.74, 6) is 0.319. The summed E-state index contributed by atoms with van der Waals surface area (Å²) in [6.45, 7) is 0. The molecule has 0 saturated heterocycles. The average molecular weight is 484 g/mol. The van der Waals surface area contributed by atoms with E-state index in [4.69, 9.17) is 4.74 Å². The maximum absolute atomic E-state index is 12.8. The minimum atomic E-state index is -3.92. The van der Waals surface area contributed by atoms with Crippen LogP contribution in [0.3, 0.4) is 0 Å². The third-order valence-corrected chi connectivity index (χ3v) is 8.46. The molecule has 1 aliphatic carbocycles. The number of aliphatic hydroxyl groups is 1. The Morgan fingerprint density at radius 1 is 1.12 bits per heavy atom. The fraction of sp³-hybridized carbons (Fsp3) is 0.400. The van der Waals surface area contributed by atoms with Crippen LogP contribution in [0.15, 0.2) is 36.4 Å². The van der Waals surface area contributed by atoms with Gasteiger partial charge in [-0.3, -0.25) is 4.79 Å². The molecule has 1 unspecified atom stereocenters. The minimum Gasteiger partial charge on any atom is -0.497 e. The Bertz CT molecular complexity index is 1390. The summed E-state index contributed by atoms with van der Waals surface area (Å²) in [6.07, 6.45) is 4.79. The molecular weight excluding hydrogens is 454 g/mol. The van der Waals surface area contributed by atoms with Gasteiger partial charge in [0.05, 0.1) is 18.3 Å². The van der Waals surface area contributed by atoms with E-state index in [2.05, 4.69) is 4.72 Å². The number of carbonyl (C=O) groups excluding carboxylic acids is 1. The molecule has 0 radical (unpaired) electrons. The molecule has 1 fully saturated rings. The molecule has 3 aromatic rings. The second-order valence-corrected chi connectivity index (χ2v) is 11.1. The zero-order chi connectivity index (χ0) is 24.2. The molecule has 2 heterocycles. The lowest BCUT2D eigenvalue weighted by Crippen LogP contribution is -2.39. The van der Waals surface area contributed by atoms with E-state index in [1.807, 2.05) is 28.8 Å². The van der Waals surface area contributed by atoms with Crippen LogP contribution >= 0.6 is 0 Å². The van der Waals surface area contributed by atoms with Gasteiger partial charge in [0.1, 0.15) is 5.75 Å². The zero-order valence-electron chi connectivity index (χ0n) is 19.5. The topological polar surface area (TPSA) is 101 Å². The molecule has 5 rings (SSSR count). The summed E-state index contributed by atoms with van der Waals surface area (Å²) in [4.78, 5) is 12.8. The number of rotatable bonds is 5. The van der Waals surface area contributed by atoms with E-state index in [0.29, 0.717) is 17.2 Å². The van der Waals surface area contributed by atoms with Crippen LogP contribution in [-0.4, -0.2) is 49.5 Å². The molecular formula is C25H29N3O5S. The standard InChI is InChI=1S/C25H29N3O5S/c1-27(2)34(31,32)26-24(29)16-9-11-19-21(13-16)28-23(22(19)15-7-5-4-6-8-15)18-12-10-17(33-3)14-20(18)25(28)30/h9-15,25,30H,4-8H2,1-3H3,(H,26,29). The Morgan fingerprint density at radius 2 is 1.85 bits per heavy atom. The van der Waals surface area contributed by atoms with Gasteiger partial charge >= 0.3 is 10.2 Å². The van der Waals surface area contributed by atoms with Crippen LogP contribution < -0.4 is 9.46 Å². The lowest BCUT2D eigenvalue weighted by molar-refractivity contribution is 0.0979. The fourth-order valence-corrected chi connectivity index (χ4v) is 5.85. The maximum atomic E-state index is 12.8. The molecule has 2 aromatic carbocycles. The van der Waals surface area contributed by atoms with Crippen molar-refractivity contribution in [2.45, 2.75) is 44.2 Å². The SMILES string of the molecule is COc1ccc2c(c1)C(O)n1c-2c(C2CCCCC2)c2ccc(C(=O)NS(=O)(=O)N(C)C)cc21. The first-order valence-corrected chi connectivity index (χ1v) is 13.0. The Morgan fingerprint density at radius 3 is 2.53 bits per heavy atom. The van der Waals surface area contributed by atoms with Crippen LogP contribution in [0.2, 0.25) is 0 Å². The number of carbonyl (C=O) groups is 1. The van der Waals surface area contributed by atoms with Gasteiger partial charge in [-0.2, -0.15) is 12.7 Å². The number of hydrogen-bond donors (Lipinski definition) is 2. The first-order chi connectivity index (χ1) is 16.2. The summed E-state index contributed by atoms with van der Waals surface area (Å²) >= 11 is 0. The number of ether oxygens (including phenoxy) is 1. The summed E-state index contributed by atoms with van der Waals surface area (Å²) in [7, 11) is 0.392. The molecule has 34 heavy (non-hydrogen) atoms. The van der Waals surface area contributed by atoms with Crippen molar-refractivity contribution in [3.05, 3.63) is 53.1 Å². The van der Waals surface area contributed by atoms with E-state index >= 15 is 0 Å². The second kappa shape index (κ2) is 8.41. The van der Waals surface area contributed by atoms with Gasteiger partial charge in [-0.05, 0) is 54.7 Å². The average Bonchev–Trinajstić information content (AvgIpc) is 3.31. The number of aliphatic hydroxyl groups excluding tert-OH is 1. The second-order valence-electron chi connectivity index (χ2n) is 9.24. The summed E-state index contributed by atoms with van der Waals surface area (Å²) in [5.41, 5.74) is 4.84. The van der Waals surface area contributed by atoms with Crippen molar-refractivity contribution >= 4 is 27.0 Å². The van der Waals surface area contributed by atoms with Crippen molar-refractivity contribution in [3.8, 4) is 17.0 Å². The Labute approximate surface area is 199 Å². The predicted octanol–water partition coefficient (Wildman–Crippen LogP) is 3.75. The molecule has 2 aliphatic rings.